The molecule has 1 aliphatic carbocycles. The molecule has 0 saturated heterocycles. The lowest BCUT2D eigenvalue weighted by Crippen LogP contribution is -3.05. The van der Waals surface area contributed by atoms with Gasteiger partial charge < -0.3 is 19.9 Å². The highest BCUT2D eigenvalue weighted by atomic mass is 32.2. The van der Waals surface area contributed by atoms with Gasteiger partial charge in [0.2, 0.25) is 0 Å². The number of fused-ring (bicyclic) bond motifs is 2. The standard InChI is InChI=1S/C21H23NO2S.C4H4O4/c1-22(2)14-6-9-20-19-8-5-4-7-16(19)10-11-17-12-13-18(15-21(17)20)25(3,23)24;5-3(6)1-2-4(7)8/h4-5,7-13,15H,6,14H2,1-3H3;1-2H,(H,5,6)(H,7,8)/b20-9+;2-1-. The third kappa shape index (κ3) is 7.85. The number of carbonyl (C=O) groups excluding carboxylic acids is 1. The van der Waals surface area contributed by atoms with Crippen molar-refractivity contribution in [3.8, 4) is 0 Å². The Labute approximate surface area is 193 Å². The minimum absolute atomic E-state index is 0.364. The summed E-state index contributed by atoms with van der Waals surface area (Å²) in [6.45, 7) is 1.03. The molecule has 0 radical (unpaired) electrons. The second kappa shape index (κ2) is 11.4. The molecule has 1 aliphatic rings. The second-order valence-corrected chi connectivity index (χ2v) is 9.81. The summed E-state index contributed by atoms with van der Waals surface area (Å²) in [7, 11) is 1.03. The molecule has 0 unspecified atom stereocenters. The van der Waals surface area contributed by atoms with Gasteiger partial charge in [-0.15, -0.1) is 0 Å². The number of rotatable bonds is 6. The maximum atomic E-state index is 12.0. The minimum atomic E-state index is -3.24. The van der Waals surface area contributed by atoms with Crippen molar-refractivity contribution >= 4 is 39.5 Å². The predicted molar refractivity (Wildman–Crippen MR) is 126 cm³/mol. The van der Waals surface area contributed by atoms with Gasteiger partial charge in [-0.05, 0) is 46.0 Å². The van der Waals surface area contributed by atoms with Gasteiger partial charge in [0.15, 0.2) is 9.84 Å². The molecule has 0 bridgehead atoms. The van der Waals surface area contributed by atoms with Crippen LogP contribution < -0.4 is 10.0 Å². The highest BCUT2D eigenvalue weighted by Gasteiger charge is 2.17. The van der Waals surface area contributed by atoms with Crippen molar-refractivity contribution in [2.75, 3.05) is 26.9 Å². The van der Waals surface area contributed by atoms with E-state index in [0.717, 1.165) is 40.8 Å². The molecule has 0 spiro atoms. The summed E-state index contributed by atoms with van der Waals surface area (Å²) in [5.74, 6) is -2.80. The van der Waals surface area contributed by atoms with E-state index in [4.69, 9.17) is 5.11 Å². The molecule has 0 atom stereocenters. The molecule has 2 aromatic rings. The Hall–Kier alpha value is -3.49. The first-order chi connectivity index (χ1) is 15.5. The molecule has 0 saturated carbocycles. The summed E-state index contributed by atoms with van der Waals surface area (Å²) in [6.07, 6.45) is 9.55. The van der Waals surface area contributed by atoms with Crippen LogP contribution in [-0.2, 0) is 19.4 Å². The molecule has 3 rings (SSSR count). The van der Waals surface area contributed by atoms with Gasteiger partial charge in [-0.3, -0.25) is 0 Å². The van der Waals surface area contributed by atoms with Crippen LogP contribution in [0.3, 0.4) is 0 Å². The molecule has 0 aromatic heterocycles. The number of benzene rings is 2. The molecule has 0 aliphatic heterocycles. The minimum Gasteiger partial charge on any atom is -0.545 e. The molecule has 0 heterocycles. The van der Waals surface area contributed by atoms with Crippen LogP contribution in [0.1, 0.15) is 28.7 Å². The number of nitrogens with one attached hydrogen (secondary N) is 1. The topological polar surface area (TPSA) is 116 Å². The van der Waals surface area contributed by atoms with E-state index in [2.05, 4.69) is 44.5 Å². The quantitative estimate of drug-likeness (QED) is 0.519. The van der Waals surface area contributed by atoms with Crippen LogP contribution >= 0.6 is 0 Å². The largest absolute Gasteiger partial charge is 0.545 e. The van der Waals surface area contributed by atoms with Gasteiger partial charge in [0.05, 0.1) is 31.5 Å². The summed E-state index contributed by atoms with van der Waals surface area (Å²) in [4.78, 5) is 20.7. The van der Waals surface area contributed by atoms with Crippen LogP contribution in [0.25, 0.3) is 17.7 Å². The highest BCUT2D eigenvalue weighted by molar-refractivity contribution is 7.90. The van der Waals surface area contributed by atoms with Gasteiger partial charge in [-0.25, -0.2) is 13.2 Å². The van der Waals surface area contributed by atoms with Gasteiger partial charge >= 0.3 is 5.97 Å². The Morgan fingerprint density at radius 1 is 1.00 bits per heavy atom. The van der Waals surface area contributed by atoms with Gasteiger partial charge in [0.1, 0.15) is 0 Å². The normalized spacial score (nSPS) is 13.8. The molecular weight excluding hydrogens is 442 g/mol. The summed E-state index contributed by atoms with van der Waals surface area (Å²) < 4.78 is 24.0. The number of carbonyl (C=O) groups is 2. The number of carboxylic acids is 2. The van der Waals surface area contributed by atoms with Crippen LogP contribution in [-0.4, -0.2) is 52.4 Å². The Morgan fingerprint density at radius 2 is 1.64 bits per heavy atom. The molecule has 2 N–H and O–H groups in total. The number of quaternary nitrogens is 1. The van der Waals surface area contributed by atoms with Crippen molar-refractivity contribution in [2.24, 2.45) is 0 Å². The van der Waals surface area contributed by atoms with Gasteiger partial charge in [0.25, 0.3) is 0 Å². The zero-order valence-electron chi connectivity index (χ0n) is 18.7. The molecule has 174 valence electrons. The van der Waals surface area contributed by atoms with Crippen molar-refractivity contribution in [2.45, 2.75) is 11.3 Å². The van der Waals surface area contributed by atoms with Crippen molar-refractivity contribution < 1.29 is 33.1 Å². The summed E-state index contributed by atoms with van der Waals surface area (Å²) in [6, 6.07) is 13.7. The number of hydrogen-bond donors (Lipinski definition) is 2. The fourth-order valence-electron chi connectivity index (χ4n) is 3.22. The summed E-state index contributed by atoms with van der Waals surface area (Å²) in [5, 5.41) is 17.2. The fraction of sp³-hybridized carbons (Fsp3) is 0.200. The second-order valence-electron chi connectivity index (χ2n) is 7.80. The third-order valence-corrected chi connectivity index (χ3v) is 5.90. The monoisotopic (exact) mass is 469 g/mol. The van der Waals surface area contributed by atoms with Gasteiger partial charge in [-0.2, -0.15) is 0 Å². The number of sulfone groups is 1. The van der Waals surface area contributed by atoms with E-state index >= 15 is 0 Å². The first-order valence-electron chi connectivity index (χ1n) is 10.2. The fourth-order valence-corrected chi connectivity index (χ4v) is 3.87. The third-order valence-electron chi connectivity index (χ3n) is 4.79. The molecule has 0 fully saturated rings. The maximum Gasteiger partial charge on any atom is 0.328 e. The molecule has 2 aromatic carbocycles. The van der Waals surface area contributed by atoms with Crippen LogP contribution in [0.2, 0.25) is 0 Å². The Bertz CT molecular complexity index is 1210. The van der Waals surface area contributed by atoms with E-state index in [1.165, 1.54) is 11.2 Å². The maximum absolute atomic E-state index is 12.0. The van der Waals surface area contributed by atoms with Gasteiger partial charge in [0, 0.05) is 18.8 Å². The molecule has 33 heavy (non-hydrogen) atoms. The zero-order chi connectivity index (χ0) is 24.6. The van der Waals surface area contributed by atoms with Gasteiger partial charge in [-0.1, -0.05) is 48.6 Å². The van der Waals surface area contributed by atoms with Crippen LogP contribution in [0, 0.1) is 0 Å². The van der Waals surface area contributed by atoms with Crippen molar-refractivity contribution in [3.63, 3.8) is 0 Å². The van der Waals surface area contributed by atoms with Crippen molar-refractivity contribution in [3.05, 3.63) is 82.9 Å². The predicted octanol–water partition coefficient (Wildman–Crippen LogP) is 0.917. The van der Waals surface area contributed by atoms with Crippen molar-refractivity contribution in [1.82, 2.24) is 0 Å². The Balaban J connectivity index is 0.000000414. The lowest BCUT2D eigenvalue weighted by molar-refractivity contribution is -0.857. The smallest absolute Gasteiger partial charge is 0.328 e. The number of carboxylic acid groups (broad SMARTS) is 2. The Morgan fingerprint density at radius 3 is 2.18 bits per heavy atom. The zero-order valence-corrected chi connectivity index (χ0v) is 19.6. The van der Waals surface area contributed by atoms with E-state index < -0.39 is 21.8 Å². The number of aliphatic carboxylic acids is 2. The first kappa shape index (κ1) is 25.8. The van der Waals surface area contributed by atoms with Crippen LogP contribution in [0.5, 0.6) is 0 Å². The SMILES string of the molecule is C[NH+](C)CC/C=C1\c2ccccc2C=Cc2ccc(S(C)(=O)=O)cc21.O=C([O-])/C=C\C(=O)O. The van der Waals surface area contributed by atoms with Crippen LogP contribution in [0.15, 0.2) is 65.6 Å². The van der Waals surface area contributed by atoms with E-state index in [1.54, 1.807) is 6.07 Å². The Kier molecular flexibility index (Phi) is 8.90. The lowest BCUT2D eigenvalue weighted by Gasteiger charge is -2.14. The summed E-state index contributed by atoms with van der Waals surface area (Å²) >= 11 is 0. The average molecular weight is 470 g/mol. The van der Waals surface area contributed by atoms with E-state index in [1.807, 2.05) is 24.3 Å². The van der Waals surface area contributed by atoms with E-state index in [-0.39, 0.29) is 0 Å². The molecule has 8 heteroatoms. The van der Waals surface area contributed by atoms with Crippen LogP contribution in [0.4, 0.5) is 0 Å². The number of hydrogen-bond acceptors (Lipinski definition) is 5. The molecular formula is C25H27NO6S. The summed E-state index contributed by atoms with van der Waals surface area (Å²) in [5.41, 5.74) is 5.45. The van der Waals surface area contributed by atoms with E-state index in [0.29, 0.717) is 17.0 Å². The van der Waals surface area contributed by atoms with Crippen molar-refractivity contribution in [1.29, 1.82) is 0 Å². The highest BCUT2D eigenvalue weighted by Crippen LogP contribution is 2.35. The first-order valence-corrected chi connectivity index (χ1v) is 12.1. The van der Waals surface area contributed by atoms with E-state index in [9.17, 15) is 23.1 Å². The average Bonchev–Trinajstić information content (AvgIpc) is 2.89. The molecule has 7 nitrogen and oxygen atoms in total. The lowest BCUT2D eigenvalue weighted by atomic mass is 9.93. The molecule has 0 amide bonds.